The first-order valence-electron chi connectivity index (χ1n) is 9.32. The molecule has 0 bridgehead atoms. The number of hydrogen-bond acceptors (Lipinski definition) is 10. The highest BCUT2D eigenvalue weighted by Crippen LogP contribution is 2.34. The van der Waals surface area contributed by atoms with Gasteiger partial charge in [0.05, 0.1) is 6.61 Å². The van der Waals surface area contributed by atoms with Crippen LogP contribution in [0.25, 0.3) is 0 Å². The molecule has 184 valence electrons. The topological polar surface area (TPSA) is 124 Å². The summed E-state index contributed by atoms with van der Waals surface area (Å²) in [6, 6.07) is 0. The summed E-state index contributed by atoms with van der Waals surface area (Å²) in [5.74, 6) is -2.83. The van der Waals surface area contributed by atoms with Crippen LogP contribution in [0, 0.1) is 0 Å². The van der Waals surface area contributed by atoms with Gasteiger partial charge in [-0.05, 0) is 0 Å². The highest BCUT2D eigenvalue weighted by molar-refractivity contribution is 9.09. The van der Waals surface area contributed by atoms with Crippen LogP contribution in [0.3, 0.4) is 0 Å². The molecule has 0 aromatic carbocycles. The fourth-order valence-corrected chi connectivity index (χ4v) is 4.59. The number of halogens is 4. The Balaban J connectivity index is 3.22. The number of carbonyl (C=O) groups is 4. The molecule has 1 aliphatic heterocycles. The summed E-state index contributed by atoms with van der Waals surface area (Å²) in [5, 5.41) is 0. The second-order valence-corrected chi connectivity index (χ2v) is 10.6. The minimum absolute atomic E-state index is 0.0678. The molecule has 14 heteroatoms. The first kappa shape index (κ1) is 29.2. The standard InChI is InChI=1S/C18H24BrCl3O10/c1-8(23)27-7-13-14(29-9(2)24)15(30-10(3)25)16(31-11(4)26)17(32-13)28-6-12(19)5-18(20,21)22/h12-17H,5-7H2,1-4H3/t12?,13-,14-,15+,16-,17-/m1/s1. The molecule has 1 fully saturated rings. The molecule has 0 aliphatic carbocycles. The molecule has 1 aliphatic rings. The lowest BCUT2D eigenvalue weighted by atomic mass is 9.98. The molecule has 32 heavy (non-hydrogen) atoms. The predicted octanol–water partition coefficient (Wildman–Crippen LogP) is 2.61. The molecule has 0 saturated carbocycles. The maximum Gasteiger partial charge on any atom is 0.303 e. The zero-order valence-corrected chi connectivity index (χ0v) is 21.5. The first-order chi connectivity index (χ1) is 14.7. The van der Waals surface area contributed by atoms with Crippen molar-refractivity contribution in [1.82, 2.24) is 0 Å². The van der Waals surface area contributed by atoms with Crippen LogP contribution in [-0.2, 0) is 47.6 Å². The SMILES string of the molecule is CC(=O)OC[C@H]1O[C@@H](OCC(Br)CC(Cl)(Cl)Cl)[C@H](OC(C)=O)[C@@H](OC(C)=O)[C@@H]1OC(C)=O. The Morgan fingerprint density at radius 2 is 1.38 bits per heavy atom. The Kier molecular flexibility index (Phi) is 12.0. The average molecular weight is 587 g/mol. The lowest BCUT2D eigenvalue weighted by molar-refractivity contribution is -0.307. The van der Waals surface area contributed by atoms with E-state index >= 15 is 0 Å². The molecule has 6 atom stereocenters. The average Bonchev–Trinajstić information content (AvgIpc) is 2.59. The third-order valence-electron chi connectivity index (χ3n) is 3.84. The summed E-state index contributed by atoms with van der Waals surface area (Å²) >= 11 is 20.6. The van der Waals surface area contributed by atoms with Crippen molar-refractivity contribution in [2.45, 2.75) is 73.4 Å². The predicted molar refractivity (Wildman–Crippen MR) is 116 cm³/mol. The number of rotatable bonds is 9. The van der Waals surface area contributed by atoms with Crippen molar-refractivity contribution >= 4 is 74.6 Å². The number of hydrogen-bond donors (Lipinski definition) is 0. The minimum Gasteiger partial charge on any atom is -0.463 e. The van der Waals surface area contributed by atoms with E-state index in [1.54, 1.807) is 0 Å². The quantitative estimate of drug-likeness (QED) is 0.226. The molecule has 0 amide bonds. The molecule has 1 unspecified atom stereocenters. The van der Waals surface area contributed by atoms with Crippen molar-refractivity contribution in [3.05, 3.63) is 0 Å². The van der Waals surface area contributed by atoms with Crippen LogP contribution in [-0.4, -0.2) is 76.4 Å². The van der Waals surface area contributed by atoms with Gasteiger partial charge in [0.1, 0.15) is 12.7 Å². The monoisotopic (exact) mass is 584 g/mol. The van der Waals surface area contributed by atoms with E-state index in [0.717, 1.165) is 20.8 Å². The van der Waals surface area contributed by atoms with Crippen molar-refractivity contribution < 1.29 is 47.6 Å². The maximum absolute atomic E-state index is 11.8. The van der Waals surface area contributed by atoms with Gasteiger partial charge in [-0.15, -0.1) is 0 Å². The van der Waals surface area contributed by atoms with Gasteiger partial charge in [0, 0.05) is 38.9 Å². The number of carbonyl (C=O) groups excluding carboxylic acids is 4. The Morgan fingerprint density at radius 1 is 0.875 bits per heavy atom. The summed E-state index contributed by atoms with van der Waals surface area (Å²) in [5.41, 5.74) is 0. The van der Waals surface area contributed by atoms with Gasteiger partial charge < -0.3 is 28.4 Å². The Hall–Kier alpha value is -0.850. The third kappa shape index (κ3) is 10.8. The molecule has 1 heterocycles. The van der Waals surface area contributed by atoms with E-state index < -0.39 is 63.2 Å². The number of ether oxygens (including phenoxy) is 6. The highest BCUT2D eigenvalue weighted by Gasteiger charge is 2.52. The maximum atomic E-state index is 11.8. The third-order valence-corrected chi connectivity index (χ3v) is 4.89. The minimum atomic E-state index is -1.56. The smallest absolute Gasteiger partial charge is 0.303 e. The molecule has 0 N–H and O–H groups in total. The van der Waals surface area contributed by atoms with E-state index in [2.05, 4.69) is 15.9 Å². The zero-order chi connectivity index (χ0) is 24.6. The van der Waals surface area contributed by atoms with Crippen molar-refractivity contribution in [3.63, 3.8) is 0 Å². The van der Waals surface area contributed by atoms with Crippen LogP contribution in [0.2, 0.25) is 0 Å². The fourth-order valence-electron chi connectivity index (χ4n) is 2.83. The fraction of sp³-hybridized carbons (Fsp3) is 0.778. The van der Waals surface area contributed by atoms with Gasteiger partial charge in [-0.1, -0.05) is 50.7 Å². The van der Waals surface area contributed by atoms with Gasteiger partial charge in [0.2, 0.25) is 0 Å². The summed E-state index contributed by atoms with van der Waals surface area (Å²) in [6.45, 7) is 4.13. The second kappa shape index (κ2) is 13.1. The molecular formula is C18H24BrCl3O10. The van der Waals surface area contributed by atoms with Gasteiger partial charge >= 0.3 is 23.9 Å². The number of esters is 4. The summed E-state index contributed by atoms with van der Waals surface area (Å²) in [4.78, 5) is 46.0. The zero-order valence-electron chi connectivity index (χ0n) is 17.7. The van der Waals surface area contributed by atoms with Crippen molar-refractivity contribution in [1.29, 1.82) is 0 Å². The number of alkyl halides is 4. The summed E-state index contributed by atoms with van der Waals surface area (Å²) in [6.07, 6.45) is -6.23. The first-order valence-corrected chi connectivity index (χ1v) is 11.4. The molecule has 0 aromatic rings. The lowest BCUT2D eigenvalue weighted by Crippen LogP contribution is -2.63. The van der Waals surface area contributed by atoms with Crippen LogP contribution in [0.4, 0.5) is 0 Å². The largest absolute Gasteiger partial charge is 0.463 e. The van der Waals surface area contributed by atoms with Gasteiger partial charge in [-0.3, -0.25) is 19.2 Å². The second-order valence-electron chi connectivity index (χ2n) is 6.82. The van der Waals surface area contributed by atoms with Crippen LogP contribution in [0.1, 0.15) is 34.1 Å². The molecule has 1 saturated heterocycles. The summed E-state index contributed by atoms with van der Waals surface area (Å²) in [7, 11) is 0. The molecular weight excluding hydrogens is 562 g/mol. The molecule has 10 nitrogen and oxygen atoms in total. The van der Waals surface area contributed by atoms with Crippen LogP contribution < -0.4 is 0 Å². The van der Waals surface area contributed by atoms with Crippen molar-refractivity contribution in [3.8, 4) is 0 Å². The molecule has 0 aromatic heterocycles. The van der Waals surface area contributed by atoms with E-state index in [1.165, 1.54) is 6.92 Å². The van der Waals surface area contributed by atoms with E-state index in [9.17, 15) is 19.2 Å². The van der Waals surface area contributed by atoms with E-state index in [-0.39, 0.29) is 19.6 Å². The Bertz CT molecular complexity index is 686. The lowest BCUT2D eigenvalue weighted by Gasteiger charge is -2.44. The Morgan fingerprint density at radius 3 is 1.84 bits per heavy atom. The van der Waals surface area contributed by atoms with Crippen LogP contribution >= 0.6 is 50.7 Å². The van der Waals surface area contributed by atoms with Gasteiger partial charge in [0.25, 0.3) is 0 Å². The van der Waals surface area contributed by atoms with E-state index in [1.807, 2.05) is 0 Å². The molecule has 0 radical (unpaired) electrons. The molecule has 1 rings (SSSR count). The van der Waals surface area contributed by atoms with Crippen LogP contribution in [0.15, 0.2) is 0 Å². The van der Waals surface area contributed by atoms with Gasteiger partial charge in [0.15, 0.2) is 28.4 Å². The van der Waals surface area contributed by atoms with E-state index in [4.69, 9.17) is 63.2 Å². The van der Waals surface area contributed by atoms with Gasteiger partial charge in [-0.2, -0.15) is 0 Å². The van der Waals surface area contributed by atoms with E-state index in [0.29, 0.717) is 0 Å². The molecule has 0 spiro atoms. The normalized spacial score (nSPS) is 26.6. The summed E-state index contributed by atoms with van der Waals surface area (Å²) < 4.78 is 30.8. The highest BCUT2D eigenvalue weighted by atomic mass is 79.9. The van der Waals surface area contributed by atoms with Crippen LogP contribution in [0.5, 0.6) is 0 Å². The van der Waals surface area contributed by atoms with Crippen molar-refractivity contribution in [2.24, 2.45) is 0 Å². The van der Waals surface area contributed by atoms with Gasteiger partial charge in [-0.25, -0.2) is 0 Å². The van der Waals surface area contributed by atoms with Crippen molar-refractivity contribution in [2.75, 3.05) is 13.2 Å². The Labute approximate surface area is 208 Å².